The topological polar surface area (TPSA) is 115 Å². The maximum Gasteiger partial charge on any atom is 0.292 e. The number of nitrogens with one attached hydrogen (secondary N) is 1. The normalized spacial score (nSPS) is 10.0. The molecule has 0 aliphatic rings. The Morgan fingerprint density at radius 2 is 1.59 bits per heavy atom. The van der Waals surface area contributed by atoms with Gasteiger partial charge in [0.05, 0.1) is 16.3 Å². The lowest BCUT2D eigenvalue weighted by atomic mass is 10.1. The van der Waals surface area contributed by atoms with Crippen LogP contribution in [0, 0.1) is 20.2 Å². The van der Waals surface area contributed by atoms with Crippen molar-refractivity contribution in [1.29, 1.82) is 0 Å². The Labute approximate surface area is 124 Å². The number of non-ortho nitro benzene ring substituents is 1. The molecule has 0 radical (unpaired) electrons. The van der Waals surface area contributed by atoms with Gasteiger partial charge in [-0.3, -0.25) is 25.0 Å². The van der Waals surface area contributed by atoms with Crippen molar-refractivity contribution in [3.8, 4) is 0 Å². The van der Waals surface area contributed by atoms with Crippen molar-refractivity contribution in [1.82, 2.24) is 0 Å². The van der Waals surface area contributed by atoms with Crippen molar-refractivity contribution >= 4 is 23.0 Å². The molecule has 0 fully saturated rings. The highest BCUT2D eigenvalue weighted by molar-refractivity contribution is 5.94. The van der Waals surface area contributed by atoms with Gasteiger partial charge in [0, 0.05) is 18.2 Å². The van der Waals surface area contributed by atoms with Crippen molar-refractivity contribution in [3.63, 3.8) is 0 Å². The number of rotatable bonds is 5. The van der Waals surface area contributed by atoms with Crippen LogP contribution < -0.4 is 5.32 Å². The molecule has 2 rings (SSSR count). The fraction of sp³-hybridized carbons (Fsp3) is 0.0714. The lowest BCUT2D eigenvalue weighted by Gasteiger charge is -2.05. The van der Waals surface area contributed by atoms with E-state index in [1.807, 2.05) is 0 Å². The zero-order valence-corrected chi connectivity index (χ0v) is 11.3. The monoisotopic (exact) mass is 301 g/mol. The predicted molar refractivity (Wildman–Crippen MR) is 78.5 cm³/mol. The number of para-hydroxylation sites is 2. The van der Waals surface area contributed by atoms with Crippen LogP contribution >= 0.6 is 0 Å². The standard InChI is InChI=1S/C14H11N3O5/c18-14(9-10-5-7-11(8-6-10)16(19)20)15-12-3-1-2-4-13(12)17(21)22/h1-8H,9H2,(H,15,18). The average Bonchev–Trinajstić information content (AvgIpc) is 2.48. The van der Waals surface area contributed by atoms with Crippen molar-refractivity contribution in [2.45, 2.75) is 6.42 Å². The summed E-state index contributed by atoms with van der Waals surface area (Å²) in [5.74, 6) is -0.442. The summed E-state index contributed by atoms with van der Waals surface area (Å²) in [6.45, 7) is 0. The van der Waals surface area contributed by atoms with Crippen molar-refractivity contribution < 1.29 is 14.6 Å². The molecule has 2 aromatic rings. The molecule has 0 heterocycles. The molecule has 8 nitrogen and oxygen atoms in total. The number of carbonyl (C=O) groups is 1. The van der Waals surface area contributed by atoms with Gasteiger partial charge in [-0.05, 0) is 11.6 Å². The van der Waals surface area contributed by atoms with E-state index in [-0.39, 0.29) is 23.5 Å². The summed E-state index contributed by atoms with van der Waals surface area (Å²) in [5, 5.41) is 23.9. The van der Waals surface area contributed by atoms with Gasteiger partial charge < -0.3 is 5.32 Å². The number of nitro benzene ring substituents is 2. The summed E-state index contributed by atoms with van der Waals surface area (Å²) >= 11 is 0. The second kappa shape index (κ2) is 6.44. The Bertz CT molecular complexity index is 728. The van der Waals surface area contributed by atoms with E-state index in [1.165, 1.54) is 42.5 Å². The van der Waals surface area contributed by atoms with Crippen LogP contribution in [0.4, 0.5) is 17.1 Å². The third-order valence-corrected chi connectivity index (χ3v) is 2.89. The Morgan fingerprint density at radius 3 is 2.18 bits per heavy atom. The maximum atomic E-state index is 11.9. The molecule has 1 N–H and O–H groups in total. The number of amides is 1. The second-order valence-electron chi connectivity index (χ2n) is 4.42. The van der Waals surface area contributed by atoms with Crippen LogP contribution in [-0.2, 0) is 11.2 Å². The number of nitro groups is 2. The summed E-state index contributed by atoms with van der Waals surface area (Å²) in [7, 11) is 0. The van der Waals surface area contributed by atoms with Gasteiger partial charge in [-0.25, -0.2) is 0 Å². The third kappa shape index (κ3) is 3.63. The van der Waals surface area contributed by atoms with E-state index in [4.69, 9.17) is 0 Å². The summed E-state index contributed by atoms with van der Waals surface area (Å²) in [5.41, 5.74) is 0.420. The summed E-state index contributed by atoms with van der Waals surface area (Å²) in [6.07, 6.45) is -0.0377. The Balaban J connectivity index is 2.07. The van der Waals surface area contributed by atoms with Gasteiger partial charge in [-0.2, -0.15) is 0 Å². The van der Waals surface area contributed by atoms with Crippen molar-refractivity contribution in [2.24, 2.45) is 0 Å². The largest absolute Gasteiger partial charge is 0.320 e. The van der Waals surface area contributed by atoms with E-state index in [0.29, 0.717) is 5.56 Å². The van der Waals surface area contributed by atoms with E-state index < -0.39 is 15.8 Å². The first-order chi connectivity index (χ1) is 10.5. The van der Waals surface area contributed by atoms with E-state index in [1.54, 1.807) is 6.07 Å². The van der Waals surface area contributed by atoms with E-state index in [0.717, 1.165) is 0 Å². The number of carbonyl (C=O) groups excluding carboxylic acids is 1. The molecule has 0 saturated heterocycles. The first kappa shape index (κ1) is 15.1. The van der Waals surface area contributed by atoms with Gasteiger partial charge in [-0.1, -0.05) is 24.3 Å². The van der Waals surface area contributed by atoms with Crippen LogP contribution in [0.5, 0.6) is 0 Å². The van der Waals surface area contributed by atoms with E-state index in [9.17, 15) is 25.0 Å². The van der Waals surface area contributed by atoms with Crippen LogP contribution in [0.2, 0.25) is 0 Å². The minimum absolute atomic E-state index is 0.0377. The first-order valence-electron chi connectivity index (χ1n) is 6.24. The number of hydrogen-bond acceptors (Lipinski definition) is 5. The van der Waals surface area contributed by atoms with Crippen LogP contribution in [0.15, 0.2) is 48.5 Å². The Hall–Kier alpha value is -3.29. The van der Waals surface area contributed by atoms with Gasteiger partial charge in [0.15, 0.2) is 0 Å². The molecule has 0 aliphatic heterocycles. The Morgan fingerprint density at radius 1 is 0.955 bits per heavy atom. The fourth-order valence-electron chi connectivity index (χ4n) is 1.85. The van der Waals surface area contributed by atoms with Crippen LogP contribution in [0.3, 0.4) is 0 Å². The first-order valence-corrected chi connectivity index (χ1v) is 6.24. The molecule has 0 spiro atoms. The quantitative estimate of drug-likeness (QED) is 0.673. The number of benzene rings is 2. The predicted octanol–water partition coefficient (Wildman–Crippen LogP) is 2.68. The molecule has 8 heteroatoms. The fourth-order valence-corrected chi connectivity index (χ4v) is 1.85. The molecule has 1 amide bonds. The van der Waals surface area contributed by atoms with Gasteiger partial charge in [0.2, 0.25) is 5.91 Å². The van der Waals surface area contributed by atoms with Gasteiger partial charge in [0.1, 0.15) is 5.69 Å². The summed E-state index contributed by atoms with van der Waals surface area (Å²) in [6, 6.07) is 11.3. The number of nitrogens with zero attached hydrogens (tertiary/aromatic N) is 2. The van der Waals surface area contributed by atoms with E-state index >= 15 is 0 Å². The van der Waals surface area contributed by atoms with Gasteiger partial charge >= 0.3 is 0 Å². The van der Waals surface area contributed by atoms with E-state index in [2.05, 4.69) is 5.32 Å². The molecule has 0 aliphatic carbocycles. The summed E-state index contributed by atoms with van der Waals surface area (Å²) in [4.78, 5) is 32.2. The minimum atomic E-state index is -0.582. The zero-order chi connectivity index (χ0) is 16.1. The smallest absolute Gasteiger partial charge is 0.292 e. The molecule has 0 atom stereocenters. The lowest BCUT2D eigenvalue weighted by Crippen LogP contribution is -2.15. The van der Waals surface area contributed by atoms with Gasteiger partial charge in [0.25, 0.3) is 11.4 Å². The second-order valence-corrected chi connectivity index (χ2v) is 4.42. The molecular weight excluding hydrogens is 290 g/mol. The third-order valence-electron chi connectivity index (χ3n) is 2.89. The number of anilines is 1. The molecule has 22 heavy (non-hydrogen) atoms. The Kier molecular flexibility index (Phi) is 4.42. The lowest BCUT2D eigenvalue weighted by molar-refractivity contribution is -0.384. The van der Waals surface area contributed by atoms with Crippen LogP contribution in [0.25, 0.3) is 0 Å². The SMILES string of the molecule is O=C(Cc1ccc([N+](=O)[O-])cc1)Nc1ccccc1[N+](=O)[O-]. The molecule has 0 saturated carbocycles. The average molecular weight is 301 g/mol. The summed E-state index contributed by atoms with van der Waals surface area (Å²) < 4.78 is 0. The zero-order valence-electron chi connectivity index (χ0n) is 11.3. The molecular formula is C14H11N3O5. The number of hydrogen-bond donors (Lipinski definition) is 1. The van der Waals surface area contributed by atoms with Crippen molar-refractivity contribution in [2.75, 3.05) is 5.32 Å². The molecule has 0 aromatic heterocycles. The molecule has 2 aromatic carbocycles. The van der Waals surface area contributed by atoms with Crippen LogP contribution in [0.1, 0.15) is 5.56 Å². The minimum Gasteiger partial charge on any atom is -0.320 e. The highest BCUT2D eigenvalue weighted by atomic mass is 16.6. The highest BCUT2D eigenvalue weighted by Crippen LogP contribution is 2.23. The molecule has 0 bridgehead atoms. The highest BCUT2D eigenvalue weighted by Gasteiger charge is 2.15. The molecule has 112 valence electrons. The van der Waals surface area contributed by atoms with Gasteiger partial charge in [-0.15, -0.1) is 0 Å². The molecule has 0 unspecified atom stereocenters. The van der Waals surface area contributed by atoms with Crippen LogP contribution in [-0.4, -0.2) is 15.8 Å². The van der Waals surface area contributed by atoms with Crippen molar-refractivity contribution in [3.05, 3.63) is 74.3 Å². The maximum absolute atomic E-state index is 11.9.